The second-order valence-electron chi connectivity index (χ2n) is 5.06. The molecule has 1 aromatic carbocycles. The van der Waals surface area contributed by atoms with Crippen molar-refractivity contribution in [2.75, 3.05) is 6.61 Å². The zero-order chi connectivity index (χ0) is 13.7. The Hall–Kier alpha value is -1.64. The van der Waals surface area contributed by atoms with Crippen LogP contribution in [-0.2, 0) is 19.7 Å². The van der Waals surface area contributed by atoms with Crippen LogP contribution in [0.2, 0.25) is 0 Å². The molecular weight excluding hydrogens is 240 g/mol. The molecule has 3 nitrogen and oxygen atoms in total. The van der Waals surface area contributed by atoms with Gasteiger partial charge in [-0.2, -0.15) is 0 Å². The van der Waals surface area contributed by atoms with Crippen LogP contribution in [0.1, 0.15) is 44.6 Å². The van der Waals surface area contributed by atoms with Gasteiger partial charge in [0.2, 0.25) is 0 Å². The summed E-state index contributed by atoms with van der Waals surface area (Å²) in [5.41, 5.74) is 0.291. The number of carbonyl (C=O) groups excluding carboxylic acids is 2. The van der Waals surface area contributed by atoms with Crippen LogP contribution in [0.4, 0.5) is 0 Å². The lowest BCUT2D eigenvalue weighted by molar-refractivity contribution is -0.147. The molecule has 1 saturated carbocycles. The lowest BCUT2D eigenvalue weighted by Gasteiger charge is -2.35. The summed E-state index contributed by atoms with van der Waals surface area (Å²) in [4.78, 5) is 24.3. The summed E-state index contributed by atoms with van der Waals surface area (Å²) in [7, 11) is 0. The molecule has 1 aliphatic carbocycles. The SMILES string of the molecule is CCOC(=O)CC1(c2ccccc2)CCCCC1=O. The lowest BCUT2D eigenvalue weighted by atomic mass is 9.66. The average Bonchev–Trinajstić information content (AvgIpc) is 2.43. The van der Waals surface area contributed by atoms with Gasteiger partial charge in [0, 0.05) is 6.42 Å². The van der Waals surface area contributed by atoms with Crippen molar-refractivity contribution in [2.24, 2.45) is 0 Å². The molecule has 0 radical (unpaired) electrons. The third kappa shape index (κ3) is 2.86. The van der Waals surface area contributed by atoms with Crippen LogP contribution in [0.5, 0.6) is 0 Å². The van der Waals surface area contributed by atoms with Gasteiger partial charge in [0.15, 0.2) is 0 Å². The van der Waals surface area contributed by atoms with Crippen molar-refractivity contribution in [2.45, 2.75) is 44.4 Å². The van der Waals surface area contributed by atoms with E-state index in [0.29, 0.717) is 13.0 Å². The normalized spacial score (nSPS) is 23.1. The molecule has 1 unspecified atom stereocenters. The number of carbonyl (C=O) groups is 2. The fourth-order valence-corrected chi connectivity index (χ4v) is 2.90. The topological polar surface area (TPSA) is 43.4 Å². The number of hydrogen-bond acceptors (Lipinski definition) is 3. The maximum absolute atomic E-state index is 12.4. The van der Waals surface area contributed by atoms with Crippen LogP contribution in [0.3, 0.4) is 0 Å². The van der Waals surface area contributed by atoms with Crippen molar-refractivity contribution in [3.05, 3.63) is 35.9 Å². The van der Waals surface area contributed by atoms with Crippen LogP contribution in [-0.4, -0.2) is 18.4 Å². The Morgan fingerprint density at radius 2 is 2.00 bits per heavy atom. The molecule has 0 spiro atoms. The van der Waals surface area contributed by atoms with Gasteiger partial charge >= 0.3 is 5.97 Å². The van der Waals surface area contributed by atoms with Crippen LogP contribution >= 0.6 is 0 Å². The molecule has 1 aromatic rings. The van der Waals surface area contributed by atoms with E-state index in [4.69, 9.17) is 4.74 Å². The van der Waals surface area contributed by atoms with Gasteiger partial charge in [0.05, 0.1) is 18.4 Å². The molecule has 19 heavy (non-hydrogen) atoms. The smallest absolute Gasteiger partial charge is 0.307 e. The van der Waals surface area contributed by atoms with E-state index < -0.39 is 5.41 Å². The Kier molecular flexibility index (Phi) is 4.35. The molecule has 0 bridgehead atoms. The number of hydrogen-bond donors (Lipinski definition) is 0. The minimum absolute atomic E-state index is 0.170. The molecule has 0 N–H and O–H groups in total. The lowest BCUT2D eigenvalue weighted by Crippen LogP contribution is -2.41. The van der Waals surface area contributed by atoms with Crippen molar-refractivity contribution in [1.29, 1.82) is 0 Å². The molecule has 0 aliphatic heterocycles. The van der Waals surface area contributed by atoms with Crippen molar-refractivity contribution < 1.29 is 14.3 Å². The number of ketones is 1. The predicted molar refractivity (Wildman–Crippen MR) is 72.8 cm³/mol. The third-order valence-corrected chi connectivity index (χ3v) is 3.87. The van der Waals surface area contributed by atoms with Gasteiger partial charge in [-0.25, -0.2) is 0 Å². The van der Waals surface area contributed by atoms with Gasteiger partial charge in [-0.15, -0.1) is 0 Å². The maximum Gasteiger partial charge on any atom is 0.307 e. The van der Waals surface area contributed by atoms with Crippen LogP contribution in [0, 0.1) is 0 Å². The first-order valence-electron chi connectivity index (χ1n) is 6.93. The molecule has 3 heteroatoms. The zero-order valence-corrected chi connectivity index (χ0v) is 11.4. The first kappa shape index (κ1) is 13.8. The first-order valence-corrected chi connectivity index (χ1v) is 6.93. The Morgan fingerprint density at radius 3 is 2.63 bits per heavy atom. The summed E-state index contributed by atoms with van der Waals surface area (Å²) in [6, 6.07) is 9.66. The van der Waals surface area contributed by atoms with E-state index in [9.17, 15) is 9.59 Å². The highest BCUT2D eigenvalue weighted by molar-refractivity contribution is 5.94. The first-order chi connectivity index (χ1) is 9.19. The van der Waals surface area contributed by atoms with Crippen molar-refractivity contribution in [1.82, 2.24) is 0 Å². The molecule has 0 amide bonds. The molecule has 2 rings (SSSR count). The molecular formula is C16H20O3. The van der Waals surface area contributed by atoms with Gasteiger partial charge in [0.25, 0.3) is 0 Å². The largest absolute Gasteiger partial charge is 0.466 e. The predicted octanol–water partition coefficient (Wildman–Crippen LogP) is 3.02. The third-order valence-electron chi connectivity index (χ3n) is 3.87. The minimum atomic E-state index is -0.661. The fraction of sp³-hybridized carbons (Fsp3) is 0.500. The molecule has 1 atom stereocenters. The summed E-state index contributed by atoms with van der Waals surface area (Å²) >= 11 is 0. The van der Waals surface area contributed by atoms with E-state index in [0.717, 1.165) is 24.8 Å². The van der Waals surface area contributed by atoms with Crippen LogP contribution in [0.25, 0.3) is 0 Å². The Balaban J connectivity index is 2.32. The van der Waals surface area contributed by atoms with E-state index in [-0.39, 0.29) is 18.2 Å². The Labute approximate surface area is 114 Å². The van der Waals surface area contributed by atoms with Crippen molar-refractivity contribution >= 4 is 11.8 Å². The highest BCUT2D eigenvalue weighted by atomic mass is 16.5. The standard InChI is InChI=1S/C16H20O3/c1-2-19-15(18)12-16(11-7-6-10-14(16)17)13-8-4-3-5-9-13/h3-5,8-9H,2,6-7,10-12H2,1H3. The van der Waals surface area contributed by atoms with Gasteiger partial charge in [0.1, 0.15) is 5.78 Å². The van der Waals surface area contributed by atoms with Gasteiger partial charge in [-0.1, -0.05) is 36.8 Å². The summed E-state index contributed by atoms with van der Waals surface area (Å²) in [6.45, 7) is 2.15. The number of esters is 1. The molecule has 0 heterocycles. The van der Waals surface area contributed by atoms with Crippen molar-refractivity contribution in [3.8, 4) is 0 Å². The highest BCUT2D eigenvalue weighted by Crippen LogP contribution is 2.39. The zero-order valence-electron chi connectivity index (χ0n) is 11.4. The summed E-state index contributed by atoms with van der Waals surface area (Å²) in [5, 5.41) is 0. The number of ether oxygens (including phenoxy) is 1. The molecule has 0 aromatic heterocycles. The van der Waals surface area contributed by atoms with Crippen LogP contribution < -0.4 is 0 Å². The van der Waals surface area contributed by atoms with Gasteiger partial charge < -0.3 is 4.74 Å². The Morgan fingerprint density at radius 1 is 1.26 bits per heavy atom. The van der Waals surface area contributed by atoms with E-state index in [2.05, 4.69) is 0 Å². The number of benzene rings is 1. The molecule has 1 aliphatic rings. The van der Waals surface area contributed by atoms with E-state index in [1.54, 1.807) is 6.92 Å². The van der Waals surface area contributed by atoms with Gasteiger partial charge in [-0.3, -0.25) is 9.59 Å². The maximum atomic E-state index is 12.4. The van der Waals surface area contributed by atoms with E-state index in [1.165, 1.54) is 0 Å². The van der Waals surface area contributed by atoms with Gasteiger partial charge in [-0.05, 0) is 25.3 Å². The molecule has 102 valence electrons. The average molecular weight is 260 g/mol. The summed E-state index contributed by atoms with van der Waals surface area (Å²) in [5.74, 6) is -0.0976. The van der Waals surface area contributed by atoms with Crippen LogP contribution in [0.15, 0.2) is 30.3 Å². The molecule has 0 saturated heterocycles. The minimum Gasteiger partial charge on any atom is -0.466 e. The monoisotopic (exact) mass is 260 g/mol. The van der Waals surface area contributed by atoms with E-state index in [1.807, 2.05) is 30.3 Å². The highest BCUT2D eigenvalue weighted by Gasteiger charge is 2.43. The fourth-order valence-electron chi connectivity index (χ4n) is 2.90. The summed E-state index contributed by atoms with van der Waals surface area (Å²) in [6.07, 6.45) is 3.39. The quantitative estimate of drug-likeness (QED) is 0.782. The Bertz CT molecular complexity index is 452. The van der Waals surface area contributed by atoms with E-state index >= 15 is 0 Å². The number of rotatable bonds is 4. The number of Topliss-reactive ketones (excluding diaryl/α,β-unsaturated/α-hetero) is 1. The second-order valence-corrected chi connectivity index (χ2v) is 5.06. The summed E-state index contributed by atoms with van der Waals surface area (Å²) < 4.78 is 5.05. The second kappa shape index (κ2) is 6.00. The van der Waals surface area contributed by atoms with Crippen molar-refractivity contribution in [3.63, 3.8) is 0 Å². The molecule has 1 fully saturated rings.